The molecule has 0 aliphatic heterocycles. The van der Waals surface area contributed by atoms with Crippen LogP contribution in [0, 0.1) is 13.8 Å². The zero-order valence-corrected chi connectivity index (χ0v) is 11.3. The molecule has 2 aromatic heterocycles. The SMILES string of the molecule is Cc1n[nH]c(C)c1NC(=O)c1cccc2ncccc12. The number of carbonyl (C=O) groups is 1. The molecule has 0 bridgehead atoms. The van der Waals surface area contributed by atoms with Crippen molar-refractivity contribution in [2.45, 2.75) is 13.8 Å². The average Bonchev–Trinajstić information content (AvgIpc) is 2.78. The minimum absolute atomic E-state index is 0.156. The first kappa shape index (κ1) is 12.3. The molecule has 5 nitrogen and oxygen atoms in total. The number of aryl methyl sites for hydroxylation is 2. The third kappa shape index (κ3) is 2.03. The molecule has 20 heavy (non-hydrogen) atoms. The maximum atomic E-state index is 12.4. The van der Waals surface area contributed by atoms with Crippen LogP contribution < -0.4 is 5.32 Å². The van der Waals surface area contributed by atoms with Crippen LogP contribution in [-0.2, 0) is 0 Å². The van der Waals surface area contributed by atoms with Crippen LogP contribution in [-0.4, -0.2) is 21.1 Å². The van der Waals surface area contributed by atoms with E-state index in [9.17, 15) is 4.79 Å². The van der Waals surface area contributed by atoms with Gasteiger partial charge in [-0.1, -0.05) is 12.1 Å². The number of aromatic nitrogens is 3. The summed E-state index contributed by atoms with van der Waals surface area (Å²) in [6.07, 6.45) is 1.72. The molecule has 5 heteroatoms. The van der Waals surface area contributed by atoms with Crippen LogP contribution >= 0.6 is 0 Å². The molecular formula is C15H14N4O. The Bertz CT molecular complexity index is 767. The second kappa shape index (κ2) is 4.77. The van der Waals surface area contributed by atoms with Gasteiger partial charge in [-0.3, -0.25) is 14.9 Å². The first-order valence-corrected chi connectivity index (χ1v) is 6.33. The third-order valence-corrected chi connectivity index (χ3v) is 3.26. The van der Waals surface area contributed by atoms with E-state index >= 15 is 0 Å². The van der Waals surface area contributed by atoms with Crippen molar-refractivity contribution in [1.29, 1.82) is 0 Å². The van der Waals surface area contributed by atoms with Crippen molar-refractivity contribution in [3.05, 3.63) is 53.5 Å². The molecule has 0 saturated heterocycles. The fourth-order valence-corrected chi connectivity index (χ4v) is 2.22. The molecule has 0 unspecified atom stereocenters. The second-order valence-corrected chi connectivity index (χ2v) is 4.64. The fourth-order valence-electron chi connectivity index (χ4n) is 2.22. The van der Waals surface area contributed by atoms with E-state index in [-0.39, 0.29) is 5.91 Å². The Morgan fingerprint density at radius 3 is 2.80 bits per heavy atom. The van der Waals surface area contributed by atoms with Crippen molar-refractivity contribution in [2.24, 2.45) is 0 Å². The predicted octanol–water partition coefficient (Wildman–Crippen LogP) is 2.83. The van der Waals surface area contributed by atoms with Crippen molar-refractivity contribution in [3.8, 4) is 0 Å². The van der Waals surface area contributed by atoms with E-state index in [1.54, 1.807) is 12.3 Å². The molecule has 1 aromatic carbocycles. The molecule has 0 radical (unpaired) electrons. The van der Waals surface area contributed by atoms with E-state index in [4.69, 9.17) is 0 Å². The lowest BCUT2D eigenvalue weighted by molar-refractivity contribution is 0.102. The molecule has 2 heterocycles. The largest absolute Gasteiger partial charge is 0.319 e. The van der Waals surface area contributed by atoms with Gasteiger partial charge in [0.15, 0.2) is 0 Å². The van der Waals surface area contributed by atoms with Gasteiger partial charge < -0.3 is 5.32 Å². The van der Waals surface area contributed by atoms with Gasteiger partial charge in [-0.2, -0.15) is 5.10 Å². The Hall–Kier alpha value is -2.69. The van der Waals surface area contributed by atoms with Gasteiger partial charge >= 0.3 is 0 Å². The topological polar surface area (TPSA) is 70.7 Å². The number of aromatic amines is 1. The van der Waals surface area contributed by atoms with Crippen molar-refractivity contribution >= 4 is 22.5 Å². The van der Waals surface area contributed by atoms with Crippen LogP contribution in [0.4, 0.5) is 5.69 Å². The first-order chi connectivity index (χ1) is 9.66. The smallest absolute Gasteiger partial charge is 0.256 e. The van der Waals surface area contributed by atoms with Crippen molar-refractivity contribution in [2.75, 3.05) is 5.32 Å². The highest BCUT2D eigenvalue weighted by Crippen LogP contribution is 2.20. The molecule has 0 fully saturated rings. The molecule has 0 spiro atoms. The van der Waals surface area contributed by atoms with E-state index < -0.39 is 0 Å². The number of H-pyrrole nitrogens is 1. The number of carbonyl (C=O) groups excluding carboxylic acids is 1. The summed E-state index contributed by atoms with van der Waals surface area (Å²) in [6, 6.07) is 9.24. The molecular weight excluding hydrogens is 252 g/mol. The highest BCUT2D eigenvalue weighted by atomic mass is 16.1. The van der Waals surface area contributed by atoms with Crippen LogP contribution in [0.3, 0.4) is 0 Å². The number of benzene rings is 1. The summed E-state index contributed by atoms with van der Waals surface area (Å²) in [7, 11) is 0. The third-order valence-electron chi connectivity index (χ3n) is 3.26. The lowest BCUT2D eigenvalue weighted by Gasteiger charge is -2.07. The number of pyridine rings is 1. The summed E-state index contributed by atoms with van der Waals surface area (Å²) in [5.74, 6) is -0.156. The normalized spacial score (nSPS) is 10.7. The molecule has 0 aliphatic carbocycles. The van der Waals surface area contributed by atoms with Crippen molar-refractivity contribution < 1.29 is 4.79 Å². The standard InChI is InChI=1S/C15H14N4O/c1-9-14(10(2)19-18-9)17-15(20)12-5-3-7-13-11(12)6-4-8-16-13/h3-8H,1-2H3,(H,17,20)(H,18,19). The monoisotopic (exact) mass is 266 g/mol. The van der Waals surface area contributed by atoms with E-state index in [2.05, 4.69) is 20.5 Å². The molecule has 3 rings (SSSR count). The Morgan fingerprint density at radius 2 is 2.05 bits per heavy atom. The van der Waals surface area contributed by atoms with E-state index in [0.717, 1.165) is 28.0 Å². The summed E-state index contributed by atoms with van der Waals surface area (Å²) >= 11 is 0. The molecule has 100 valence electrons. The van der Waals surface area contributed by atoms with Gasteiger partial charge in [0.1, 0.15) is 0 Å². The van der Waals surface area contributed by atoms with E-state index in [1.165, 1.54) is 0 Å². The lowest BCUT2D eigenvalue weighted by atomic mass is 10.1. The summed E-state index contributed by atoms with van der Waals surface area (Å²) < 4.78 is 0. The number of hydrogen-bond acceptors (Lipinski definition) is 3. The zero-order chi connectivity index (χ0) is 14.1. The van der Waals surface area contributed by atoms with Crippen LogP contribution in [0.25, 0.3) is 10.9 Å². The molecule has 3 aromatic rings. The van der Waals surface area contributed by atoms with Crippen LogP contribution in [0.1, 0.15) is 21.7 Å². The van der Waals surface area contributed by atoms with Crippen molar-refractivity contribution in [3.63, 3.8) is 0 Å². The van der Waals surface area contributed by atoms with E-state index in [1.807, 2.05) is 38.1 Å². The minimum atomic E-state index is -0.156. The minimum Gasteiger partial charge on any atom is -0.319 e. The molecule has 0 aliphatic rings. The Labute approximate surface area is 116 Å². The lowest BCUT2D eigenvalue weighted by Crippen LogP contribution is -2.13. The van der Waals surface area contributed by atoms with Crippen LogP contribution in [0.2, 0.25) is 0 Å². The highest BCUT2D eigenvalue weighted by Gasteiger charge is 2.14. The van der Waals surface area contributed by atoms with Gasteiger partial charge in [0, 0.05) is 17.1 Å². The number of amides is 1. The summed E-state index contributed by atoms with van der Waals surface area (Å²) in [4.78, 5) is 16.7. The summed E-state index contributed by atoms with van der Waals surface area (Å²) in [5, 5.41) is 10.7. The van der Waals surface area contributed by atoms with Gasteiger partial charge in [-0.15, -0.1) is 0 Å². The number of nitrogens with zero attached hydrogens (tertiary/aromatic N) is 2. The predicted molar refractivity (Wildman–Crippen MR) is 77.8 cm³/mol. The molecule has 2 N–H and O–H groups in total. The zero-order valence-electron chi connectivity index (χ0n) is 11.3. The number of fused-ring (bicyclic) bond motifs is 1. The fraction of sp³-hybridized carbons (Fsp3) is 0.133. The molecule has 0 atom stereocenters. The van der Waals surface area contributed by atoms with Gasteiger partial charge in [0.2, 0.25) is 0 Å². The van der Waals surface area contributed by atoms with Gasteiger partial charge in [0.25, 0.3) is 5.91 Å². The van der Waals surface area contributed by atoms with Crippen LogP contribution in [0.15, 0.2) is 36.5 Å². The summed E-state index contributed by atoms with van der Waals surface area (Å²) in [6.45, 7) is 3.73. The quantitative estimate of drug-likeness (QED) is 0.749. The number of rotatable bonds is 2. The van der Waals surface area contributed by atoms with Crippen LogP contribution in [0.5, 0.6) is 0 Å². The number of hydrogen-bond donors (Lipinski definition) is 2. The highest BCUT2D eigenvalue weighted by molar-refractivity contribution is 6.12. The second-order valence-electron chi connectivity index (χ2n) is 4.64. The maximum absolute atomic E-state index is 12.4. The Morgan fingerprint density at radius 1 is 1.20 bits per heavy atom. The van der Waals surface area contributed by atoms with Gasteiger partial charge in [-0.05, 0) is 32.0 Å². The Kier molecular flexibility index (Phi) is 2.95. The van der Waals surface area contributed by atoms with E-state index in [0.29, 0.717) is 5.56 Å². The van der Waals surface area contributed by atoms with Crippen molar-refractivity contribution in [1.82, 2.24) is 15.2 Å². The average molecular weight is 266 g/mol. The Balaban J connectivity index is 2.01. The number of nitrogens with one attached hydrogen (secondary N) is 2. The van der Waals surface area contributed by atoms with Gasteiger partial charge in [-0.25, -0.2) is 0 Å². The maximum Gasteiger partial charge on any atom is 0.256 e. The van der Waals surface area contributed by atoms with Gasteiger partial charge in [0.05, 0.1) is 22.6 Å². The number of anilines is 1. The molecule has 1 amide bonds. The molecule has 0 saturated carbocycles. The first-order valence-electron chi connectivity index (χ1n) is 6.33. The summed E-state index contributed by atoms with van der Waals surface area (Å²) in [5.41, 5.74) is 3.76.